The molecule has 1 atom stereocenters. The van der Waals surface area contributed by atoms with E-state index in [-0.39, 0.29) is 10.9 Å². The van der Waals surface area contributed by atoms with Gasteiger partial charge in [-0.05, 0) is 6.07 Å². The maximum absolute atomic E-state index is 13.4. The lowest BCUT2D eigenvalue weighted by Gasteiger charge is -2.17. The monoisotopic (exact) mass is 314 g/mol. The van der Waals surface area contributed by atoms with Gasteiger partial charge in [0.15, 0.2) is 0 Å². The highest BCUT2D eigenvalue weighted by atomic mass is 79.9. The average molecular weight is 315 g/mol. The van der Waals surface area contributed by atoms with Gasteiger partial charge in [-0.15, -0.1) is 0 Å². The number of benzene rings is 1. The molecule has 6 heteroatoms. The summed E-state index contributed by atoms with van der Waals surface area (Å²) >= 11 is 3.09. The molecule has 1 aromatic rings. The lowest BCUT2D eigenvalue weighted by molar-refractivity contribution is -0.148. The second-order valence-electron chi connectivity index (χ2n) is 3.40. The topological polar surface area (TPSA) is 9.23 Å². The minimum absolute atomic E-state index is 0.242. The minimum Gasteiger partial charge on any atom is -0.372 e. The van der Waals surface area contributed by atoms with Crippen LogP contribution >= 0.6 is 15.9 Å². The summed E-state index contributed by atoms with van der Waals surface area (Å²) in [6.45, 7) is -0.478. The smallest absolute Gasteiger partial charge is 0.372 e. The Balaban J connectivity index is 2.58. The van der Waals surface area contributed by atoms with Gasteiger partial charge in [-0.3, -0.25) is 0 Å². The van der Waals surface area contributed by atoms with Gasteiger partial charge >= 0.3 is 6.18 Å². The number of alkyl halides is 4. The molecular weight excluding hydrogens is 304 g/mol. The Kier molecular flexibility index (Phi) is 5.39. The van der Waals surface area contributed by atoms with Crippen molar-refractivity contribution in [2.75, 3.05) is 11.9 Å². The predicted octanol–water partition coefficient (Wildman–Crippen LogP) is 4.23. The highest BCUT2D eigenvalue weighted by molar-refractivity contribution is 9.09. The van der Waals surface area contributed by atoms with E-state index < -0.39 is 31.1 Å². The van der Waals surface area contributed by atoms with Crippen molar-refractivity contribution < 1.29 is 22.3 Å². The van der Waals surface area contributed by atoms with Crippen molar-refractivity contribution in [3.63, 3.8) is 0 Å². The second kappa shape index (κ2) is 6.35. The number of ether oxygens (including phenoxy) is 1. The second-order valence-corrected chi connectivity index (χ2v) is 4.05. The fourth-order valence-corrected chi connectivity index (χ4v) is 1.81. The largest absolute Gasteiger partial charge is 0.391 e. The summed E-state index contributed by atoms with van der Waals surface area (Å²) in [6.07, 6.45) is -6.00. The van der Waals surface area contributed by atoms with Gasteiger partial charge in [0.2, 0.25) is 0 Å². The first kappa shape index (κ1) is 14.4. The van der Waals surface area contributed by atoms with Gasteiger partial charge in [0, 0.05) is 10.9 Å². The summed E-state index contributed by atoms with van der Waals surface area (Å²) in [7, 11) is 0. The van der Waals surface area contributed by atoms with Gasteiger partial charge in [0.05, 0.1) is 19.1 Å². The van der Waals surface area contributed by atoms with E-state index in [1.54, 1.807) is 6.07 Å². The summed E-state index contributed by atoms with van der Waals surface area (Å²) in [4.78, 5) is 0. The molecule has 1 aromatic carbocycles. The van der Waals surface area contributed by atoms with Gasteiger partial charge < -0.3 is 4.74 Å². The lowest BCUT2D eigenvalue weighted by Crippen LogP contribution is -2.15. The van der Waals surface area contributed by atoms with Crippen LogP contribution in [0.3, 0.4) is 0 Å². The van der Waals surface area contributed by atoms with Crippen molar-refractivity contribution in [2.24, 2.45) is 0 Å². The molecule has 0 radical (unpaired) electrons. The van der Waals surface area contributed by atoms with Crippen molar-refractivity contribution in [1.82, 2.24) is 0 Å². The molecule has 0 aliphatic rings. The van der Waals surface area contributed by atoms with Gasteiger partial charge in [0.25, 0.3) is 0 Å². The lowest BCUT2D eigenvalue weighted by atomic mass is 10.1. The van der Waals surface area contributed by atoms with Crippen LogP contribution in [0.4, 0.5) is 17.6 Å². The summed E-state index contributed by atoms with van der Waals surface area (Å²) in [6, 6.07) is 5.87. The third-order valence-electron chi connectivity index (χ3n) is 2.10. The van der Waals surface area contributed by atoms with Crippen LogP contribution in [0.15, 0.2) is 24.3 Å². The van der Waals surface area contributed by atoms with Crippen LogP contribution in [0.2, 0.25) is 0 Å². The molecule has 0 N–H and O–H groups in total. The SMILES string of the molecule is Fc1ccccc1C(CBr)OCCC(F)(F)F. The predicted molar refractivity (Wildman–Crippen MR) is 59.6 cm³/mol. The van der Waals surface area contributed by atoms with Gasteiger partial charge in [-0.25, -0.2) is 4.39 Å². The van der Waals surface area contributed by atoms with Gasteiger partial charge in [-0.2, -0.15) is 13.2 Å². The molecule has 17 heavy (non-hydrogen) atoms. The molecular formula is C11H11BrF4O. The molecule has 0 aliphatic carbocycles. The molecule has 1 unspecified atom stereocenters. The highest BCUT2D eigenvalue weighted by Gasteiger charge is 2.27. The van der Waals surface area contributed by atoms with E-state index in [0.717, 1.165) is 0 Å². The first-order valence-electron chi connectivity index (χ1n) is 4.93. The molecule has 0 heterocycles. The Morgan fingerprint density at radius 2 is 1.88 bits per heavy atom. The number of hydrogen-bond donors (Lipinski definition) is 0. The van der Waals surface area contributed by atoms with Crippen LogP contribution in [-0.4, -0.2) is 18.1 Å². The molecule has 0 spiro atoms. The molecule has 1 nitrogen and oxygen atoms in total. The van der Waals surface area contributed by atoms with E-state index in [2.05, 4.69) is 15.9 Å². The van der Waals surface area contributed by atoms with E-state index in [1.165, 1.54) is 18.2 Å². The number of hydrogen-bond acceptors (Lipinski definition) is 1. The zero-order chi connectivity index (χ0) is 12.9. The Morgan fingerprint density at radius 3 is 2.41 bits per heavy atom. The van der Waals surface area contributed by atoms with E-state index in [1.807, 2.05) is 0 Å². The van der Waals surface area contributed by atoms with Crippen molar-refractivity contribution in [3.8, 4) is 0 Å². The molecule has 0 saturated heterocycles. The van der Waals surface area contributed by atoms with E-state index in [9.17, 15) is 17.6 Å². The zero-order valence-corrected chi connectivity index (χ0v) is 10.4. The fourth-order valence-electron chi connectivity index (χ4n) is 1.27. The molecule has 96 valence electrons. The molecule has 0 amide bonds. The number of rotatable bonds is 5. The minimum atomic E-state index is -4.26. The summed E-state index contributed by atoms with van der Waals surface area (Å²) in [5.41, 5.74) is 0.256. The summed E-state index contributed by atoms with van der Waals surface area (Å²) < 4.78 is 54.2. The van der Waals surface area contributed by atoms with Crippen LogP contribution in [0.25, 0.3) is 0 Å². The van der Waals surface area contributed by atoms with E-state index in [4.69, 9.17) is 4.74 Å². The zero-order valence-electron chi connectivity index (χ0n) is 8.81. The first-order chi connectivity index (χ1) is 7.94. The molecule has 0 fully saturated rings. The molecule has 0 saturated carbocycles. The van der Waals surface area contributed by atoms with Crippen LogP contribution < -0.4 is 0 Å². The van der Waals surface area contributed by atoms with E-state index >= 15 is 0 Å². The molecule has 0 bridgehead atoms. The third-order valence-corrected chi connectivity index (χ3v) is 2.68. The Labute approximate surface area is 105 Å². The summed E-state index contributed by atoms with van der Waals surface area (Å²) in [5, 5.41) is 0.242. The quantitative estimate of drug-likeness (QED) is 0.584. The average Bonchev–Trinajstić information content (AvgIpc) is 2.24. The molecule has 0 aliphatic heterocycles. The molecule has 1 rings (SSSR count). The van der Waals surface area contributed by atoms with Crippen molar-refractivity contribution in [2.45, 2.75) is 18.7 Å². The summed E-state index contributed by atoms with van der Waals surface area (Å²) in [5.74, 6) is -0.482. The third kappa shape index (κ3) is 5.04. The fraction of sp³-hybridized carbons (Fsp3) is 0.455. The molecule has 0 aromatic heterocycles. The van der Waals surface area contributed by atoms with Crippen LogP contribution in [0.5, 0.6) is 0 Å². The Morgan fingerprint density at radius 1 is 1.24 bits per heavy atom. The van der Waals surface area contributed by atoms with Gasteiger partial charge in [0.1, 0.15) is 5.82 Å². The van der Waals surface area contributed by atoms with Crippen LogP contribution in [0, 0.1) is 5.82 Å². The maximum Gasteiger partial charge on any atom is 0.391 e. The highest BCUT2D eigenvalue weighted by Crippen LogP contribution is 2.25. The normalized spacial score (nSPS) is 13.7. The number of halogens is 5. The Bertz CT molecular complexity index is 354. The van der Waals surface area contributed by atoms with E-state index in [0.29, 0.717) is 0 Å². The van der Waals surface area contributed by atoms with Crippen molar-refractivity contribution >= 4 is 15.9 Å². The van der Waals surface area contributed by atoms with Crippen LogP contribution in [-0.2, 0) is 4.74 Å². The van der Waals surface area contributed by atoms with Gasteiger partial charge in [-0.1, -0.05) is 34.1 Å². The Hall–Kier alpha value is -0.620. The van der Waals surface area contributed by atoms with Crippen molar-refractivity contribution in [1.29, 1.82) is 0 Å². The van der Waals surface area contributed by atoms with Crippen LogP contribution in [0.1, 0.15) is 18.1 Å². The first-order valence-corrected chi connectivity index (χ1v) is 6.05. The maximum atomic E-state index is 13.4. The standard InChI is InChI=1S/C11H11BrF4O/c12-7-10(17-6-5-11(14,15)16)8-3-1-2-4-9(8)13/h1-4,10H,5-7H2. The van der Waals surface area contributed by atoms with Crippen molar-refractivity contribution in [3.05, 3.63) is 35.6 Å².